The van der Waals surface area contributed by atoms with Gasteiger partial charge >= 0.3 is 23.9 Å². The van der Waals surface area contributed by atoms with Crippen LogP contribution in [0.5, 0.6) is 0 Å². The summed E-state index contributed by atoms with van der Waals surface area (Å²) in [7, 11) is 0. The minimum absolute atomic E-state index is 0.0441. The molecular weight excluding hydrogens is 240 g/mol. The standard InChI is InChI=1S/C12H6O6/c13-9-2-5-1-6-3-10(14)18-12(16)8(6)4-7(5)11(15)17-9/h1,4H,2-3H2. The van der Waals surface area contributed by atoms with Crippen LogP contribution in [0.3, 0.4) is 0 Å². The second kappa shape index (κ2) is 3.49. The first-order valence-electron chi connectivity index (χ1n) is 5.20. The number of carbonyl (C=O) groups is 4. The summed E-state index contributed by atoms with van der Waals surface area (Å²) in [6.07, 6.45) is -0.0881. The average Bonchev–Trinajstić information content (AvgIpc) is 2.26. The summed E-state index contributed by atoms with van der Waals surface area (Å²) in [5.41, 5.74) is 1.27. The SMILES string of the molecule is O=C1Cc2cc3c(cc2C(=O)O1)C(=O)OC(=O)C3. The number of hydrogen-bond donors (Lipinski definition) is 0. The maximum atomic E-state index is 11.5. The summed E-state index contributed by atoms with van der Waals surface area (Å²) in [6, 6.07) is 2.83. The molecule has 0 unspecified atom stereocenters. The maximum absolute atomic E-state index is 11.5. The lowest BCUT2D eigenvalue weighted by Gasteiger charge is -2.19. The zero-order valence-corrected chi connectivity index (χ0v) is 9.02. The summed E-state index contributed by atoms with van der Waals surface area (Å²) in [4.78, 5) is 45.2. The molecule has 18 heavy (non-hydrogen) atoms. The fraction of sp³-hybridized carbons (Fsp3) is 0.167. The molecule has 0 amide bonds. The van der Waals surface area contributed by atoms with Crippen LogP contribution < -0.4 is 0 Å². The highest BCUT2D eigenvalue weighted by Crippen LogP contribution is 2.26. The Balaban J connectivity index is 2.18. The van der Waals surface area contributed by atoms with E-state index in [-0.39, 0.29) is 24.0 Å². The summed E-state index contributed by atoms with van der Waals surface area (Å²) < 4.78 is 8.93. The number of esters is 4. The molecule has 2 heterocycles. The largest absolute Gasteiger partial charge is 0.389 e. The van der Waals surface area contributed by atoms with Gasteiger partial charge in [0.2, 0.25) is 0 Å². The molecule has 90 valence electrons. The highest BCUT2D eigenvalue weighted by atomic mass is 16.6. The molecule has 1 aromatic carbocycles. The molecule has 0 radical (unpaired) electrons. The van der Waals surface area contributed by atoms with E-state index >= 15 is 0 Å². The normalized spacial score (nSPS) is 17.8. The average molecular weight is 246 g/mol. The van der Waals surface area contributed by atoms with Crippen molar-refractivity contribution in [3.63, 3.8) is 0 Å². The van der Waals surface area contributed by atoms with Gasteiger partial charge in [0.1, 0.15) is 0 Å². The van der Waals surface area contributed by atoms with E-state index in [9.17, 15) is 19.2 Å². The Bertz CT molecular complexity index is 576. The van der Waals surface area contributed by atoms with Crippen LogP contribution in [0, 0.1) is 0 Å². The van der Waals surface area contributed by atoms with Crippen molar-refractivity contribution in [1.29, 1.82) is 0 Å². The van der Waals surface area contributed by atoms with E-state index in [4.69, 9.17) is 0 Å². The Kier molecular flexibility index (Phi) is 2.07. The number of benzene rings is 1. The molecule has 2 aliphatic heterocycles. The zero-order valence-electron chi connectivity index (χ0n) is 9.02. The lowest BCUT2D eigenvalue weighted by atomic mass is 9.92. The molecule has 0 spiro atoms. The monoisotopic (exact) mass is 246 g/mol. The highest BCUT2D eigenvalue weighted by Gasteiger charge is 2.31. The molecule has 0 aliphatic carbocycles. The van der Waals surface area contributed by atoms with Crippen molar-refractivity contribution >= 4 is 23.9 Å². The molecule has 3 rings (SSSR count). The zero-order chi connectivity index (χ0) is 12.9. The van der Waals surface area contributed by atoms with Gasteiger partial charge in [0, 0.05) is 0 Å². The van der Waals surface area contributed by atoms with Gasteiger partial charge < -0.3 is 9.47 Å². The van der Waals surface area contributed by atoms with Crippen LogP contribution in [0.4, 0.5) is 0 Å². The van der Waals surface area contributed by atoms with Crippen LogP contribution in [-0.4, -0.2) is 23.9 Å². The molecule has 0 saturated carbocycles. The molecule has 6 heteroatoms. The van der Waals surface area contributed by atoms with E-state index in [1.165, 1.54) is 12.1 Å². The molecule has 0 aromatic heterocycles. The number of carbonyl (C=O) groups excluding carboxylic acids is 4. The van der Waals surface area contributed by atoms with E-state index in [1.54, 1.807) is 0 Å². The predicted molar refractivity (Wildman–Crippen MR) is 54.7 cm³/mol. The van der Waals surface area contributed by atoms with Gasteiger partial charge in [-0.25, -0.2) is 9.59 Å². The number of hydrogen-bond acceptors (Lipinski definition) is 6. The molecule has 0 bridgehead atoms. The van der Waals surface area contributed by atoms with E-state index in [2.05, 4.69) is 9.47 Å². The summed E-state index contributed by atoms with van der Waals surface area (Å²) in [5.74, 6) is -2.85. The smallest absolute Gasteiger partial charge is 0.346 e. The molecule has 0 N–H and O–H groups in total. The van der Waals surface area contributed by atoms with Crippen molar-refractivity contribution in [2.45, 2.75) is 12.8 Å². The molecule has 6 nitrogen and oxygen atoms in total. The molecule has 1 aromatic rings. The van der Waals surface area contributed by atoms with Crippen molar-refractivity contribution in [2.24, 2.45) is 0 Å². The van der Waals surface area contributed by atoms with E-state index < -0.39 is 23.9 Å². The first-order chi connectivity index (χ1) is 8.54. The Hall–Kier alpha value is -2.50. The summed E-state index contributed by atoms with van der Waals surface area (Å²) >= 11 is 0. The van der Waals surface area contributed by atoms with Crippen LogP contribution in [-0.2, 0) is 31.9 Å². The molecule has 0 atom stereocenters. The third-order valence-electron chi connectivity index (χ3n) is 2.85. The first-order valence-corrected chi connectivity index (χ1v) is 5.20. The topological polar surface area (TPSA) is 86.7 Å². The summed E-state index contributed by atoms with van der Waals surface area (Å²) in [5, 5.41) is 0. The van der Waals surface area contributed by atoms with Crippen molar-refractivity contribution < 1.29 is 28.7 Å². The third-order valence-corrected chi connectivity index (χ3v) is 2.85. The van der Waals surface area contributed by atoms with Crippen LogP contribution in [0.15, 0.2) is 12.1 Å². The second-order valence-electron chi connectivity index (χ2n) is 4.04. The van der Waals surface area contributed by atoms with Crippen LogP contribution >= 0.6 is 0 Å². The van der Waals surface area contributed by atoms with Gasteiger partial charge in [-0.3, -0.25) is 9.59 Å². The first kappa shape index (κ1) is 10.6. The van der Waals surface area contributed by atoms with Crippen molar-refractivity contribution in [1.82, 2.24) is 0 Å². The lowest BCUT2D eigenvalue weighted by Crippen LogP contribution is -2.27. The number of fused-ring (bicyclic) bond motifs is 2. The van der Waals surface area contributed by atoms with Gasteiger partial charge in [0.05, 0.1) is 24.0 Å². The number of rotatable bonds is 0. The fourth-order valence-corrected chi connectivity index (χ4v) is 2.07. The van der Waals surface area contributed by atoms with Gasteiger partial charge in [0.25, 0.3) is 0 Å². The predicted octanol–water partition coefficient (Wildman–Crippen LogP) is 0.166. The quantitative estimate of drug-likeness (QED) is 0.479. The molecule has 2 aliphatic rings. The minimum atomic E-state index is -0.784. The highest BCUT2D eigenvalue weighted by molar-refractivity contribution is 6.07. The second-order valence-corrected chi connectivity index (χ2v) is 4.04. The molecular formula is C12H6O6. The van der Waals surface area contributed by atoms with Crippen LogP contribution in [0.25, 0.3) is 0 Å². The van der Waals surface area contributed by atoms with Crippen molar-refractivity contribution in [3.05, 3.63) is 34.4 Å². The van der Waals surface area contributed by atoms with E-state index in [0.29, 0.717) is 11.1 Å². The Labute approximate surface area is 100 Å². The fourth-order valence-electron chi connectivity index (χ4n) is 2.07. The summed E-state index contributed by atoms with van der Waals surface area (Å²) in [6.45, 7) is 0. The van der Waals surface area contributed by atoms with Crippen molar-refractivity contribution in [2.75, 3.05) is 0 Å². The van der Waals surface area contributed by atoms with Crippen molar-refractivity contribution in [3.8, 4) is 0 Å². The van der Waals surface area contributed by atoms with Gasteiger partial charge in [-0.15, -0.1) is 0 Å². The van der Waals surface area contributed by atoms with Crippen LogP contribution in [0.1, 0.15) is 31.8 Å². The Morgan fingerprint density at radius 2 is 1.17 bits per heavy atom. The third kappa shape index (κ3) is 1.50. The lowest BCUT2D eigenvalue weighted by molar-refractivity contribution is -0.138. The molecule has 0 saturated heterocycles. The maximum Gasteiger partial charge on any atom is 0.346 e. The Morgan fingerprint density at radius 3 is 1.61 bits per heavy atom. The van der Waals surface area contributed by atoms with Gasteiger partial charge in [-0.2, -0.15) is 0 Å². The minimum Gasteiger partial charge on any atom is -0.389 e. The van der Waals surface area contributed by atoms with Gasteiger partial charge in [-0.05, 0) is 17.2 Å². The van der Waals surface area contributed by atoms with E-state index in [0.717, 1.165) is 0 Å². The molecule has 0 fully saturated rings. The number of ether oxygens (including phenoxy) is 2. The Morgan fingerprint density at radius 1 is 0.722 bits per heavy atom. The van der Waals surface area contributed by atoms with E-state index in [1.807, 2.05) is 0 Å². The van der Waals surface area contributed by atoms with Gasteiger partial charge in [0.15, 0.2) is 0 Å². The van der Waals surface area contributed by atoms with Crippen LogP contribution in [0.2, 0.25) is 0 Å². The number of cyclic esters (lactones) is 4. The van der Waals surface area contributed by atoms with Gasteiger partial charge in [-0.1, -0.05) is 6.07 Å².